The third-order valence-electron chi connectivity index (χ3n) is 1.50. The van der Waals surface area contributed by atoms with Crippen molar-refractivity contribution in [2.45, 2.75) is 19.5 Å². The molecule has 1 unspecified atom stereocenters. The van der Waals surface area contributed by atoms with Crippen molar-refractivity contribution in [1.82, 2.24) is 10.2 Å². The van der Waals surface area contributed by atoms with Gasteiger partial charge in [-0.15, -0.1) is 0 Å². The normalized spacial score (nSPS) is 14.1. The Labute approximate surface area is 63.6 Å². The molecule has 1 atom stereocenters. The van der Waals surface area contributed by atoms with Gasteiger partial charge in [-0.3, -0.25) is 4.90 Å². The molecule has 0 aliphatic carbocycles. The summed E-state index contributed by atoms with van der Waals surface area (Å²) in [5, 5.41) is 3.33. The van der Waals surface area contributed by atoms with Crippen LogP contribution < -0.4 is 11.1 Å². The van der Waals surface area contributed by atoms with Crippen LogP contribution in [0, 0.1) is 0 Å². The van der Waals surface area contributed by atoms with E-state index in [1.807, 2.05) is 0 Å². The molecule has 0 aliphatic rings. The van der Waals surface area contributed by atoms with Gasteiger partial charge in [0.05, 0.1) is 6.17 Å². The van der Waals surface area contributed by atoms with Crippen LogP contribution in [-0.2, 0) is 0 Å². The maximum absolute atomic E-state index is 5.43. The summed E-state index contributed by atoms with van der Waals surface area (Å²) in [4.78, 5) is 2.15. The molecule has 0 radical (unpaired) electrons. The number of hydrogen-bond donors (Lipinski definition) is 2. The smallest absolute Gasteiger partial charge is 0.0604 e. The molecule has 0 bridgehead atoms. The third-order valence-corrected chi connectivity index (χ3v) is 1.50. The molecule has 0 saturated heterocycles. The Morgan fingerprint density at radius 2 is 2.10 bits per heavy atom. The molecule has 62 valence electrons. The van der Waals surface area contributed by atoms with Gasteiger partial charge in [-0.1, -0.05) is 6.92 Å². The van der Waals surface area contributed by atoms with Crippen molar-refractivity contribution in [2.24, 2.45) is 5.73 Å². The highest BCUT2D eigenvalue weighted by molar-refractivity contribution is 4.62. The lowest BCUT2D eigenvalue weighted by Crippen LogP contribution is -2.42. The Hall–Kier alpha value is -0.120. The van der Waals surface area contributed by atoms with E-state index >= 15 is 0 Å². The second kappa shape index (κ2) is 5.65. The minimum absolute atomic E-state index is 0.440. The third kappa shape index (κ3) is 3.82. The lowest BCUT2D eigenvalue weighted by molar-refractivity contribution is 0.239. The summed E-state index contributed by atoms with van der Waals surface area (Å²) < 4.78 is 0. The Bertz CT molecular complexity index is 67.3. The number of nitrogens with zero attached hydrogens (tertiary/aromatic N) is 1. The van der Waals surface area contributed by atoms with Gasteiger partial charge < -0.3 is 11.1 Å². The molecular formula is C7H19N3. The van der Waals surface area contributed by atoms with Gasteiger partial charge in [0.2, 0.25) is 0 Å². The molecule has 0 rings (SSSR count). The van der Waals surface area contributed by atoms with E-state index in [9.17, 15) is 0 Å². The molecule has 0 aromatic carbocycles. The first-order valence-corrected chi connectivity index (χ1v) is 3.82. The molecule has 0 saturated carbocycles. The zero-order chi connectivity index (χ0) is 7.98. The minimum Gasteiger partial charge on any atom is -0.330 e. The molecule has 0 heterocycles. The van der Waals surface area contributed by atoms with Gasteiger partial charge in [-0.2, -0.15) is 0 Å². The van der Waals surface area contributed by atoms with Crippen LogP contribution in [0.5, 0.6) is 0 Å². The van der Waals surface area contributed by atoms with E-state index in [4.69, 9.17) is 5.73 Å². The minimum atomic E-state index is 0.440. The van der Waals surface area contributed by atoms with Gasteiger partial charge in [0.25, 0.3) is 0 Å². The fourth-order valence-corrected chi connectivity index (χ4v) is 0.936. The summed E-state index contributed by atoms with van der Waals surface area (Å²) in [5.41, 5.74) is 5.43. The SMILES string of the molecule is CCNC(CCN)N(C)C. The van der Waals surface area contributed by atoms with Crippen molar-refractivity contribution in [3.05, 3.63) is 0 Å². The van der Waals surface area contributed by atoms with Crippen LogP contribution in [0.1, 0.15) is 13.3 Å². The van der Waals surface area contributed by atoms with Gasteiger partial charge in [-0.25, -0.2) is 0 Å². The van der Waals surface area contributed by atoms with Gasteiger partial charge in [-0.05, 0) is 33.6 Å². The van der Waals surface area contributed by atoms with Crippen LogP contribution in [0.25, 0.3) is 0 Å². The average Bonchev–Trinajstić information content (AvgIpc) is 1.87. The first-order valence-electron chi connectivity index (χ1n) is 3.82. The first-order chi connectivity index (χ1) is 4.72. The molecular weight excluding hydrogens is 126 g/mol. The fourth-order valence-electron chi connectivity index (χ4n) is 0.936. The van der Waals surface area contributed by atoms with E-state index in [1.54, 1.807) is 0 Å². The quantitative estimate of drug-likeness (QED) is 0.528. The largest absolute Gasteiger partial charge is 0.330 e. The van der Waals surface area contributed by atoms with Gasteiger partial charge in [0, 0.05) is 0 Å². The van der Waals surface area contributed by atoms with Crippen LogP contribution in [0.2, 0.25) is 0 Å². The highest BCUT2D eigenvalue weighted by Crippen LogP contribution is 1.92. The molecule has 3 nitrogen and oxygen atoms in total. The first kappa shape index (κ1) is 9.88. The predicted octanol–water partition coefficient (Wildman–Crippen LogP) is -0.168. The number of nitrogens with two attached hydrogens (primary N) is 1. The Morgan fingerprint density at radius 1 is 1.50 bits per heavy atom. The molecule has 0 aromatic rings. The van der Waals surface area contributed by atoms with E-state index in [1.165, 1.54) is 0 Å². The average molecular weight is 145 g/mol. The standard InChI is InChI=1S/C7H19N3/c1-4-9-7(5-6-8)10(2)3/h7,9H,4-6,8H2,1-3H3. The summed E-state index contributed by atoms with van der Waals surface area (Å²) in [6, 6.07) is 0. The fraction of sp³-hybridized carbons (Fsp3) is 1.00. The Balaban J connectivity index is 3.50. The van der Waals surface area contributed by atoms with Crippen molar-refractivity contribution in [1.29, 1.82) is 0 Å². The van der Waals surface area contributed by atoms with E-state index in [0.29, 0.717) is 6.17 Å². The van der Waals surface area contributed by atoms with Crippen molar-refractivity contribution < 1.29 is 0 Å². The van der Waals surface area contributed by atoms with Crippen molar-refractivity contribution in [3.63, 3.8) is 0 Å². The molecule has 10 heavy (non-hydrogen) atoms. The molecule has 3 heteroatoms. The van der Waals surface area contributed by atoms with E-state index in [2.05, 4.69) is 31.2 Å². The second-order valence-corrected chi connectivity index (χ2v) is 2.61. The van der Waals surface area contributed by atoms with E-state index in [-0.39, 0.29) is 0 Å². The molecule has 0 aromatic heterocycles. The molecule has 3 N–H and O–H groups in total. The topological polar surface area (TPSA) is 41.3 Å². The second-order valence-electron chi connectivity index (χ2n) is 2.61. The summed E-state index contributed by atoms with van der Waals surface area (Å²) in [6.07, 6.45) is 1.45. The molecule has 0 amide bonds. The Morgan fingerprint density at radius 3 is 2.40 bits per heavy atom. The van der Waals surface area contributed by atoms with Crippen LogP contribution in [0.3, 0.4) is 0 Å². The monoisotopic (exact) mass is 145 g/mol. The van der Waals surface area contributed by atoms with Gasteiger partial charge >= 0.3 is 0 Å². The summed E-state index contributed by atoms with van der Waals surface area (Å²) in [6.45, 7) is 3.85. The van der Waals surface area contributed by atoms with Crippen LogP contribution in [0.4, 0.5) is 0 Å². The van der Waals surface area contributed by atoms with Gasteiger partial charge in [0.15, 0.2) is 0 Å². The highest BCUT2D eigenvalue weighted by Gasteiger charge is 2.06. The zero-order valence-electron chi connectivity index (χ0n) is 7.22. The molecule has 0 aliphatic heterocycles. The van der Waals surface area contributed by atoms with Crippen molar-refractivity contribution in [2.75, 3.05) is 27.2 Å². The lowest BCUT2D eigenvalue weighted by atomic mass is 10.3. The lowest BCUT2D eigenvalue weighted by Gasteiger charge is -2.24. The number of rotatable bonds is 5. The molecule has 0 spiro atoms. The van der Waals surface area contributed by atoms with E-state index in [0.717, 1.165) is 19.5 Å². The maximum Gasteiger partial charge on any atom is 0.0604 e. The highest BCUT2D eigenvalue weighted by atomic mass is 15.2. The van der Waals surface area contributed by atoms with Crippen LogP contribution in [0.15, 0.2) is 0 Å². The summed E-state index contributed by atoms with van der Waals surface area (Å²) in [5.74, 6) is 0. The number of hydrogen-bond acceptors (Lipinski definition) is 3. The van der Waals surface area contributed by atoms with Crippen molar-refractivity contribution >= 4 is 0 Å². The Kier molecular flexibility index (Phi) is 5.58. The summed E-state index contributed by atoms with van der Waals surface area (Å²) in [7, 11) is 4.12. The zero-order valence-corrected chi connectivity index (χ0v) is 7.22. The summed E-state index contributed by atoms with van der Waals surface area (Å²) >= 11 is 0. The number of nitrogens with one attached hydrogen (secondary N) is 1. The van der Waals surface area contributed by atoms with Crippen LogP contribution >= 0.6 is 0 Å². The van der Waals surface area contributed by atoms with E-state index < -0.39 is 0 Å². The van der Waals surface area contributed by atoms with Crippen molar-refractivity contribution in [3.8, 4) is 0 Å². The maximum atomic E-state index is 5.43. The predicted molar refractivity (Wildman–Crippen MR) is 44.8 cm³/mol. The van der Waals surface area contributed by atoms with Crippen LogP contribution in [-0.4, -0.2) is 38.3 Å². The van der Waals surface area contributed by atoms with Gasteiger partial charge in [0.1, 0.15) is 0 Å². The molecule has 0 fully saturated rings.